The summed E-state index contributed by atoms with van der Waals surface area (Å²) in [5.74, 6) is 0.873. The fourth-order valence-corrected chi connectivity index (χ4v) is 3.53. The van der Waals surface area contributed by atoms with Crippen molar-refractivity contribution in [3.05, 3.63) is 35.5 Å². The van der Waals surface area contributed by atoms with Gasteiger partial charge in [0.25, 0.3) is 6.01 Å². The molecule has 144 valence electrons. The van der Waals surface area contributed by atoms with Crippen LogP contribution in [0.5, 0.6) is 11.8 Å². The Morgan fingerprint density at radius 2 is 1.85 bits per heavy atom. The standard InChI is InChI=1S/C21H27N3O3/c1-7-15(12-25-4)24-17-8-9-22-19(20(17)23-21(24)27-6)16-10-14(3)18(26-5)11-13(16)2/h8-11,15H,7,12H2,1-6H3. The van der Waals surface area contributed by atoms with Gasteiger partial charge in [0.05, 0.1) is 38.1 Å². The zero-order chi connectivity index (χ0) is 19.6. The number of ether oxygens (including phenoxy) is 3. The molecule has 0 radical (unpaired) electrons. The largest absolute Gasteiger partial charge is 0.496 e. The lowest BCUT2D eigenvalue weighted by Crippen LogP contribution is -2.14. The number of nitrogens with zero attached hydrogens (tertiary/aromatic N) is 3. The van der Waals surface area contributed by atoms with Crippen LogP contribution >= 0.6 is 0 Å². The number of aryl methyl sites for hydroxylation is 2. The van der Waals surface area contributed by atoms with Crippen LogP contribution in [0.15, 0.2) is 24.4 Å². The van der Waals surface area contributed by atoms with Gasteiger partial charge in [0.1, 0.15) is 11.3 Å². The fraction of sp³-hybridized carbons (Fsp3) is 0.429. The van der Waals surface area contributed by atoms with Crippen molar-refractivity contribution in [2.24, 2.45) is 0 Å². The molecule has 0 saturated carbocycles. The first-order valence-corrected chi connectivity index (χ1v) is 9.11. The molecule has 0 aliphatic carbocycles. The number of pyridine rings is 1. The van der Waals surface area contributed by atoms with Gasteiger partial charge >= 0.3 is 0 Å². The van der Waals surface area contributed by atoms with E-state index in [0.29, 0.717) is 12.6 Å². The van der Waals surface area contributed by atoms with Gasteiger partial charge in [-0.2, -0.15) is 4.98 Å². The van der Waals surface area contributed by atoms with E-state index in [4.69, 9.17) is 19.2 Å². The second-order valence-corrected chi connectivity index (χ2v) is 6.65. The van der Waals surface area contributed by atoms with Crippen LogP contribution in [-0.2, 0) is 4.74 Å². The lowest BCUT2D eigenvalue weighted by atomic mass is 10.0. The number of methoxy groups -OCH3 is 3. The molecule has 0 amide bonds. The van der Waals surface area contributed by atoms with Crippen molar-refractivity contribution >= 4 is 11.0 Å². The van der Waals surface area contributed by atoms with Gasteiger partial charge in [-0.3, -0.25) is 9.55 Å². The van der Waals surface area contributed by atoms with Crippen molar-refractivity contribution in [3.63, 3.8) is 0 Å². The molecule has 0 saturated heterocycles. The minimum Gasteiger partial charge on any atom is -0.496 e. The third-order valence-corrected chi connectivity index (χ3v) is 4.95. The first-order chi connectivity index (χ1) is 13.0. The molecule has 0 bridgehead atoms. The maximum Gasteiger partial charge on any atom is 0.297 e. The van der Waals surface area contributed by atoms with E-state index in [2.05, 4.69) is 29.5 Å². The molecule has 0 N–H and O–H groups in total. The minimum atomic E-state index is 0.143. The van der Waals surface area contributed by atoms with Gasteiger partial charge in [0, 0.05) is 18.9 Å². The molecule has 0 fully saturated rings. The summed E-state index contributed by atoms with van der Waals surface area (Å²) < 4.78 is 18.5. The van der Waals surface area contributed by atoms with Crippen molar-refractivity contribution in [2.45, 2.75) is 33.2 Å². The SMILES string of the molecule is CCC(COC)n1c(OC)nc2c(-c3cc(C)c(OC)cc3C)nccc21. The summed E-state index contributed by atoms with van der Waals surface area (Å²) in [6, 6.07) is 6.85. The van der Waals surface area contributed by atoms with Gasteiger partial charge in [-0.25, -0.2) is 0 Å². The van der Waals surface area contributed by atoms with Gasteiger partial charge in [-0.15, -0.1) is 0 Å². The Morgan fingerprint density at radius 1 is 1.07 bits per heavy atom. The summed E-state index contributed by atoms with van der Waals surface area (Å²) in [5, 5.41) is 0. The molecular formula is C21H27N3O3. The molecule has 6 heteroatoms. The van der Waals surface area contributed by atoms with Crippen molar-refractivity contribution in [1.29, 1.82) is 0 Å². The molecule has 0 aliphatic rings. The lowest BCUT2D eigenvalue weighted by molar-refractivity contribution is 0.149. The summed E-state index contributed by atoms with van der Waals surface area (Å²) in [6.07, 6.45) is 2.74. The summed E-state index contributed by atoms with van der Waals surface area (Å²) in [6.45, 7) is 6.82. The molecule has 27 heavy (non-hydrogen) atoms. The maximum atomic E-state index is 5.59. The molecular weight excluding hydrogens is 342 g/mol. The highest BCUT2D eigenvalue weighted by molar-refractivity contribution is 5.91. The molecule has 3 rings (SSSR count). The van der Waals surface area contributed by atoms with Crippen LogP contribution in [0.4, 0.5) is 0 Å². The van der Waals surface area contributed by atoms with Gasteiger partial charge in [0.15, 0.2) is 0 Å². The smallest absolute Gasteiger partial charge is 0.297 e. The Bertz CT molecular complexity index is 949. The van der Waals surface area contributed by atoms with E-state index in [1.54, 1.807) is 21.3 Å². The number of fused-ring (bicyclic) bond motifs is 1. The monoisotopic (exact) mass is 369 g/mol. The van der Waals surface area contributed by atoms with Crippen LogP contribution < -0.4 is 9.47 Å². The van der Waals surface area contributed by atoms with E-state index in [1.165, 1.54) is 0 Å². The van der Waals surface area contributed by atoms with E-state index >= 15 is 0 Å². The van der Waals surface area contributed by atoms with Crippen LogP contribution in [-0.4, -0.2) is 42.5 Å². The topological polar surface area (TPSA) is 58.4 Å². The first kappa shape index (κ1) is 19.2. The van der Waals surface area contributed by atoms with Crippen molar-refractivity contribution < 1.29 is 14.2 Å². The summed E-state index contributed by atoms with van der Waals surface area (Å²) in [4.78, 5) is 9.41. The molecule has 2 aromatic heterocycles. The fourth-order valence-electron chi connectivity index (χ4n) is 3.53. The summed E-state index contributed by atoms with van der Waals surface area (Å²) in [7, 11) is 5.05. The molecule has 1 atom stereocenters. The van der Waals surface area contributed by atoms with E-state index in [1.807, 2.05) is 25.3 Å². The number of rotatable bonds is 7. The summed E-state index contributed by atoms with van der Waals surface area (Å²) >= 11 is 0. The van der Waals surface area contributed by atoms with Gasteiger partial charge < -0.3 is 14.2 Å². The highest BCUT2D eigenvalue weighted by Gasteiger charge is 2.22. The zero-order valence-corrected chi connectivity index (χ0v) is 16.9. The average Bonchev–Trinajstić information content (AvgIpc) is 3.06. The molecule has 1 aromatic carbocycles. The second-order valence-electron chi connectivity index (χ2n) is 6.65. The Labute approximate surface area is 160 Å². The number of hydrogen-bond acceptors (Lipinski definition) is 5. The van der Waals surface area contributed by atoms with Crippen LogP contribution in [0.3, 0.4) is 0 Å². The molecule has 0 spiro atoms. The zero-order valence-electron chi connectivity index (χ0n) is 16.9. The maximum absolute atomic E-state index is 5.59. The lowest BCUT2D eigenvalue weighted by Gasteiger charge is -2.18. The summed E-state index contributed by atoms with van der Waals surface area (Å²) in [5.41, 5.74) is 5.88. The van der Waals surface area contributed by atoms with Crippen molar-refractivity contribution in [1.82, 2.24) is 14.5 Å². The van der Waals surface area contributed by atoms with Crippen LogP contribution in [0, 0.1) is 13.8 Å². The van der Waals surface area contributed by atoms with Gasteiger partial charge in [0.2, 0.25) is 0 Å². The van der Waals surface area contributed by atoms with Crippen LogP contribution in [0.1, 0.15) is 30.5 Å². The van der Waals surface area contributed by atoms with Gasteiger partial charge in [-0.1, -0.05) is 6.92 Å². The Morgan fingerprint density at radius 3 is 2.48 bits per heavy atom. The molecule has 6 nitrogen and oxygen atoms in total. The van der Waals surface area contributed by atoms with Crippen LogP contribution in [0.2, 0.25) is 0 Å². The van der Waals surface area contributed by atoms with E-state index in [-0.39, 0.29) is 6.04 Å². The predicted molar refractivity (Wildman–Crippen MR) is 107 cm³/mol. The molecule has 0 aliphatic heterocycles. The molecule has 1 unspecified atom stereocenters. The van der Waals surface area contributed by atoms with E-state index in [9.17, 15) is 0 Å². The number of benzene rings is 1. The Hall–Kier alpha value is -2.60. The predicted octanol–water partition coefficient (Wildman–Crippen LogP) is 4.33. The quantitative estimate of drug-likeness (QED) is 0.620. The second kappa shape index (κ2) is 7.96. The van der Waals surface area contributed by atoms with Gasteiger partial charge in [-0.05, 0) is 49.6 Å². The molecule has 3 aromatic rings. The normalized spacial score (nSPS) is 12.4. The first-order valence-electron chi connectivity index (χ1n) is 9.11. The van der Waals surface area contributed by atoms with E-state index < -0.39 is 0 Å². The molecule has 2 heterocycles. The number of imidazole rings is 1. The third-order valence-electron chi connectivity index (χ3n) is 4.95. The van der Waals surface area contributed by atoms with Crippen molar-refractivity contribution in [3.8, 4) is 23.0 Å². The number of hydrogen-bond donors (Lipinski definition) is 0. The van der Waals surface area contributed by atoms with E-state index in [0.717, 1.165) is 45.6 Å². The highest BCUT2D eigenvalue weighted by Crippen LogP contribution is 2.36. The Kier molecular flexibility index (Phi) is 5.65. The highest BCUT2D eigenvalue weighted by atomic mass is 16.5. The average molecular weight is 369 g/mol. The Balaban J connectivity index is 2.25. The van der Waals surface area contributed by atoms with Crippen molar-refractivity contribution in [2.75, 3.05) is 27.9 Å². The van der Waals surface area contributed by atoms with Crippen LogP contribution in [0.25, 0.3) is 22.3 Å². The minimum absolute atomic E-state index is 0.143. The number of aromatic nitrogens is 3. The third kappa shape index (κ3) is 3.37.